The highest BCUT2D eigenvalue weighted by Crippen LogP contribution is 2.42. The summed E-state index contributed by atoms with van der Waals surface area (Å²) in [5, 5.41) is 7.11. The van der Waals surface area contributed by atoms with Crippen molar-refractivity contribution in [1.82, 2.24) is 0 Å². The minimum Gasteiger partial charge on any atom is -0.456 e. The molecule has 1 aromatic heterocycles. The first-order chi connectivity index (χ1) is 19.8. The summed E-state index contributed by atoms with van der Waals surface area (Å²) in [6.45, 7) is 0. The van der Waals surface area contributed by atoms with Gasteiger partial charge in [0, 0.05) is 27.5 Å². The Bertz CT molecular complexity index is 2150. The number of fused-ring (bicyclic) bond motifs is 6. The van der Waals surface area contributed by atoms with Crippen LogP contribution in [0.2, 0.25) is 0 Å². The molecule has 2 heteroatoms. The Morgan fingerprint density at radius 1 is 0.400 bits per heavy atom. The first-order valence-corrected chi connectivity index (χ1v) is 13.6. The average Bonchev–Trinajstić information content (AvgIpc) is 3.41. The number of furan rings is 1. The summed E-state index contributed by atoms with van der Waals surface area (Å²) in [4.78, 5) is 2.37. The second-order valence-electron chi connectivity index (χ2n) is 10.2. The number of rotatable bonds is 4. The van der Waals surface area contributed by atoms with Crippen molar-refractivity contribution >= 4 is 60.5 Å². The van der Waals surface area contributed by atoms with E-state index in [-0.39, 0.29) is 0 Å². The van der Waals surface area contributed by atoms with Crippen LogP contribution < -0.4 is 4.90 Å². The molecule has 0 atom stereocenters. The first-order valence-electron chi connectivity index (χ1n) is 13.6. The summed E-state index contributed by atoms with van der Waals surface area (Å²) in [5.74, 6) is 0. The molecule has 7 aromatic carbocycles. The van der Waals surface area contributed by atoms with E-state index in [9.17, 15) is 0 Å². The summed E-state index contributed by atoms with van der Waals surface area (Å²) in [5.41, 5.74) is 7.61. The van der Waals surface area contributed by atoms with Crippen molar-refractivity contribution in [3.63, 3.8) is 0 Å². The van der Waals surface area contributed by atoms with Gasteiger partial charge in [0.25, 0.3) is 0 Å². The van der Waals surface area contributed by atoms with Crippen molar-refractivity contribution in [2.75, 3.05) is 4.90 Å². The molecule has 0 fully saturated rings. The maximum absolute atomic E-state index is 6.23. The Kier molecular flexibility index (Phi) is 5.17. The summed E-state index contributed by atoms with van der Waals surface area (Å²) in [7, 11) is 0. The van der Waals surface area contributed by atoms with Gasteiger partial charge >= 0.3 is 0 Å². The summed E-state index contributed by atoms with van der Waals surface area (Å²) >= 11 is 0. The highest BCUT2D eigenvalue weighted by atomic mass is 16.3. The quantitative estimate of drug-likeness (QED) is 0.234. The van der Waals surface area contributed by atoms with Gasteiger partial charge in [-0.15, -0.1) is 0 Å². The maximum atomic E-state index is 6.23. The Labute approximate surface area is 232 Å². The van der Waals surface area contributed by atoms with Crippen LogP contribution in [0.5, 0.6) is 0 Å². The number of nitrogens with zero attached hydrogens (tertiary/aromatic N) is 1. The van der Waals surface area contributed by atoms with Crippen molar-refractivity contribution in [2.24, 2.45) is 0 Å². The minimum absolute atomic E-state index is 0.912. The fraction of sp³-hybridized carbons (Fsp3) is 0. The average molecular weight is 512 g/mol. The first kappa shape index (κ1) is 22.6. The number of hydrogen-bond acceptors (Lipinski definition) is 2. The zero-order valence-electron chi connectivity index (χ0n) is 21.8. The van der Waals surface area contributed by atoms with Gasteiger partial charge in [-0.2, -0.15) is 0 Å². The molecule has 40 heavy (non-hydrogen) atoms. The highest BCUT2D eigenvalue weighted by Gasteiger charge is 2.18. The van der Waals surface area contributed by atoms with Gasteiger partial charge in [0.05, 0.1) is 5.69 Å². The normalized spacial score (nSPS) is 11.5. The number of benzene rings is 7. The molecule has 2 nitrogen and oxygen atoms in total. The van der Waals surface area contributed by atoms with Crippen molar-refractivity contribution in [1.29, 1.82) is 0 Å². The second kappa shape index (κ2) is 9.14. The lowest BCUT2D eigenvalue weighted by molar-refractivity contribution is 0.669. The van der Waals surface area contributed by atoms with Gasteiger partial charge in [0.1, 0.15) is 11.2 Å². The maximum Gasteiger partial charge on any atom is 0.136 e. The number of hydrogen-bond donors (Lipinski definition) is 0. The van der Waals surface area contributed by atoms with Gasteiger partial charge in [-0.3, -0.25) is 0 Å². The molecule has 0 bridgehead atoms. The van der Waals surface area contributed by atoms with E-state index in [4.69, 9.17) is 4.42 Å². The van der Waals surface area contributed by atoms with E-state index >= 15 is 0 Å². The van der Waals surface area contributed by atoms with E-state index in [1.54, 1.807) is 0 Å². The smallest absolute Gasteiger partial charge is 0.136 e. The standard InChI is InChI=1S/C38H25NO/c1-2-9-26(10-3-1)27-17-21-30(22-18-27)39(35-15-8-12-28-11-4-5-13-32(28)35)31-23-19-29-20-24-37-38(34(29)25-31)33-14-6-7-16-36(33)40-37/h1-25H. The SMILES string of the molecule is c1ccc(-c2ccc(N(c3ccc4ccc5oc6ccccc6c5c4c3)c3cccc4ccccc34)cc2)cc1. The molecule has 0 aliphatic heterocycles. The van der Waals surface area contributed by atoms with E-state index in [2.05, 4.69) is 144 Å². The summed E-state index contributed by atoms with van der Waals surface area (Å²) in [6.07, 6.45) is 0. The third-order valence-corrected chi connectivity index (χ3v) is 7.84. The Morgan fingerprint density at radius 2 is 1.05 bits per heavy atom. The van der Waals surface area contributed by atoms with Gasteiger partial charge in [0.15, 0.2) is 0 Å². The lowest BCUT2D eigenvalue weighted by Gasteiger charge is -2.27. The molecule has 0 saturated heterocycles. The summed E-state index contributed by atoms with van der Waals surface area (Å²) < 4.78 is 6.23. The van der Waals surface area contributed by atoms with Crippen molar-refractivity contribution in [3.8, 4) is 11.1 Å². The van der Waals surface area contributed by atoms with E-state index in [1.807, 2.05) is 12.1 Å². The van der Waals surface area contributed by atoms with E-state index in [0.29, 0.717) is 0 Å². The van der Waals surface area contributed by atoms with Crippen LogP contribution in [-0.2, 0) is 0 Å². The molecule has 0 radical (unpaired) electrons. The van der Waals surface area contributed by atoms with Crippen molar-refractivity contribution < 1.29 is 4.42 Å². The third-order valence-electron chi connectivity index (χ3n) is 7.84. The molecule has 0 unspecified atom stereocenters. The monoisotopic (exact) mass is 511 g/mol. The largest absolute Gasteiger partial charge is 0.456 e. The van der Waals surface area contributed by atoms with Gasteiger partial charge in [-0.1, -0.05) is 109 Å². The van der Waals surface area contributed by atoms with E-state index < -0.39 is 0 Å². The number of para-hydroxylation sites is 1. The molecule has 0 aliphatic carbocycles. The van der Waals surface area contributed by atoms with Gasteiger partial charge in [0.2, 0.25) is 0 Å². The molecule has 0 saturated carbocycles. The molecular weight excluding hydrogens is 486 g/mol. The molecule has 0 N–H and O–H groups in total. The fourth-order valence-corrected chi connectivity index (χ4v) is 5.93. The van der Waals surface area contributed by atoms with Crippen LogP contribution in [0.15, 0.2) is 156 Å². The van der Waals surface area contributed by atoms with Crippen molar-refractivity contribution in [3.05, 3.63) is 152 Å². The molecular formula is C38H25NO. The van der Waals surface area contributed by atoms with Crippen LogP contribution in [-0.4, -0.2) is 0 Å². The van der Waals surface area contributed by atoms with Crippen LogP contribution in [0, 0.1) is 0 Å². The fourth-order valence-electron chi connectivity index (χ4n) is 5.93. The lowest BCUT2D eigenvalue weighted by Crippen LogP contribution is -2.10. The zero-order valence-corrected chi connectivity index (χ0v) is 21.8. The van der Waals surface area contributed by atoms with Gasteiger partial charge < -0.3 is 9.32 Å². The number of anilines is 3. The van der Waals surface area contributed by atoms with E-state index in [1.165, 1.54) is 32.7 Å². The Balaban J connectivity index is 1.37. The molecule has 0 amide bonds. The lowest BCUT2D eigenvalue weighted by atomic mass is 10.0. The van der Waals surface area contributed by atoms with Gasteiger partial charge in [-0.25, -0.2) is 0 Å². The van der Waals surface area contributed by atoms with Gasteiger partial charge in [-0.05, 0) is 69.8 Å². The van der Waals surface area contributed by atoms with Crippen LogP contribution in [0.1, 0.15) is 0 Å². The zero-order chi connectivity index (χ0) is 26.5. The van der Waals surface area contributed by atoms with Crippen LogP contribution >= 0.6 is 0 Å². The predicted molar refractivity (Wildman–Crippen MR) is 169 cm³/mol. The third kappa shape index (κ3) is 3.65. The topological polar surface area (TPSA) is 16.4 Å². The molecule has 8 aromatic rings. The Morgan fingerprint density at radius 3 is 1.93 bits per heavy atom. The molecule has 8 rings (SSSR count). The van der Waals surface area contributed by atoms with Crippen LogP contribution in [0.3, 0.4) is 0 Å². The molecule has 0 spiro atoms. The Hall–Kier alpha value is -5.34. The van der Waals surface area contributed by atoms with Crippen LogP contribution in [0.4, 0.5) is 17.1 Å². The second-order valence-corrected chi connectivity index (χ2v) is 10.2. The minimum atomic E-state index is 0.912. The molecule has 188 valence electrons. The van der Waals surface area contributed by atoms with Crippen molar-refractivity contribution in [2.45, 2.75) is 0 Å². The molecule has 0 aliphatic rings. The molecule has 1 heterocycles. The predicted octanol–water partition coefficient (Wildman–Crippen LogP) is 11.0. The highest BCUT2D eigenvalue weighted by molar-refractivity contribution is 6.19. The van der Waals surface area contributed by atoms with Crippen LogP contribution in [0.25, 0.3) is 54.6 Å². The summed E-state index contributed by atoms with van der Waals surface area (Å²) in [6, 6.07) is 53.8. The van der Waals surface area contributed by atoms with E-state index in [0.717, 1.165) is 39.0 Å².